The predicted octanol–water partition coefficient (Wildman–Crippen LogP) is 23.2. The topological polar surface area (TPSA) is 78.9 Å². The van der Waals surface area contributed by atoms with Gasteiger partial charge < -0.3 is 14.2 Å². The second-order valence-electron chi connectivity index (χ2n) is 22.3. The first-order chi connectivity index (χ1) is 39.0. The third kappa shape index (κ3) is 65.0. The summed E-state index contributed by atoms with van der Waals surface area (Å²) < 4.78 is 16.9. The maximum absolute atomic E-state index is 12.9. The van der Waals surface area contributed by atoms with E-state index in [-0.39, 0.29) is 31.1 Å². The lowest BCUT2D eigenvalue weighted by molar-refractivity contribution is -0.167. The second kappa shape index (κ2) is 66.8. The van der Waals surface area contributed by atoms with Crippen LogP contribution in [0.5, 0.6) is 0 Å². The zero-order valence-electron chi connectivity index (χ0n) is 52.1. The molecular formula is C73H126O6. The molecule has 0 heterocycles. The van der Waals surface area contributed by atoms with Gasteiger partial charge in [0.2, 0.25) is 0 Å². The summed E-state index contributed by atoms with van der Waals surface area (Å²) in [6.45, 7) is 6.45. The van der Waals surface area contributed by atoms with Crippen molar-refractivity contribution in [3.63, 3.8) is 0 Å². The van der Waals surface area contributed by atoms with Gasteiger partial charge in [0.25, 0.3) is 0 Å². The Morgan fingerprint density at radius 2 is 0.519 bits per heavy atom. The molecule has 1 unspecified atom stereocenters. The van der Waals surface area contributed by atoms with Crippen molar-refractivity contribution in [1.82, 2.24) is 0 Å². The Labute approximate surface area is 489 Å². The van der Waals surface area contributed by atoms with Gasteiger partial charge >= 0.3 is 17.9 Å². The molecule has 454 valence electrons. The molecule has 1 atom stereocenters. The summed E-state index contributed by atoms with van der Waals surface area (Å²) in [4.78, 5) is 38.3. The summed E-state index contributed by atoms with van der Waals surface area (Å²) in [5, 5.41) is 0. The number of esters is 3. The van der Waals surface area contributed by atoms with Gasteiger partial charge in [0.15, 0.2) is 6.10 Å². The van der Waals surface area contributed by atoms with E-state index in [1.807, 2.05) is 0 Å². The molecule has 0 aliphatic heterocycles. The molecule has 0 aromatic heterocycles. The highest BCUT2D eigenvalue weighted by Crippen LogP contribution is 2.17. The minimum Gasteiger partial charge on any atom is -0.462 e. The molecule has 0 aliphatic rings. The zero-order valence-corrected chi connectivity index (χ0v) is 52.1. The highest BCUT2D eigenvalue weighted by molar-refractivity contribution is 5.71. The van der Waals surface area contributed by atoms with Gasteiger partial charge in [-0.25, -0.2) is 0 Å². The van der Waals surface area contributed by atoms with Crippen molar-refractivity contribution in [1.29, 1.82) is 0 Å². The summed E-state index contributed by atoms with van der Waals surface area (Å²) >= 11 is 0. The number of rotatable bonds is 61. The number of unbranched alkanes of at least 4 members (excludes halogenated alkanes) is 34. The molecule has 0 N–H and O–H groups in total. The van der Waals surface area contributed by atoms with Gasteiger partial charge in [-0.05, 0) is 116 Å². The van der Waals surface area contributed by atoms with Crippen molar-refractivity contribution < 1.29 is 28.6 Å². The third-order valence-electron chi connectivity index (χ3n) is 14.5. The first kappa shape index (κ1) is 75.3. The average Bonchev–Trinajstić information content (AvgIpc) is 3.45. The average molecular weight is 1100 g/mol. The molecule has 0 aliphatic carbocycles. The quantitative estimate of drug-likeness (QED) is 0.0261. The highest BCUT2D eigenvalue weighted by atomic mass is 16.6. The first-order valence-electron chi connectivity index (χ1n) is 33.7. The molecule has 0 rings (SSSR count). The van der Waals surface area contributed by atoms with E-state index in [0.29, 0.717) is 19.3 Å². The van der Waals surface area contributed by atoms with Crippen LogP contribution in [-0.2, 0) is 28.6 Å². The Bertz CT molecular complexity index is 1540. The number of ether oxygens (including phenoxy) is 3. The molecular weight excluding hydrogens is 973 g/mol. The Kier molecular flexibility index (Phi) is 63.7. The molecule has 0 aromatic rings. The van der Waals surface area contributed by atoms with Gasteiger partial charge in [-0.15, -0.1) is 0 Å². The number of hydrogen-bond donors (Lipinski definition) is 0. The monoisotopic (exact) mass is 1100 g/mol. The van der Waals surface area contributed by atoms with Gasteiger partial charge in [0.1, 0.15) is 13.2 Å². The lowest BCUT2D eigenvalue weighted by atomic mass is 10.0. The van der Waals surface area contributed by atoms with Gasteiger partial charge in [-0.3, -0.25) is 14.4 Å². The third-order valence-corrected chi connectivity index (χ3v) is 14.5. The summed E-state index contributed by atoms with van der Waals surface area (Å²) in [7, 11) is 0. The van der Waals surface area contributed by atoms with E-state index in [1.54, 1.807) is 0 Å². The molecule has 0 amide bonds. The summed E-state index contributed by atoms with van der Waals surface area (Å²) in [6.07, 6.45) is 90.1. The predicted molar refractivity (Wildman–Crippen MR) is 344 cm³/mol. The van der Waals surface area contributed by atoms with Crippen LogP contribution in [-0.4, -0.2) is 37.2 Å². The Hall–Kier alpha value is -3.67. The lowest BCUT2D eigenvalue weighted by Crippen LogP contribution is -2.30. The first-order valence-corrected chi connectivity index (χ1v) is 33.7. The maximum atomic E-state index is 12.9. The number of carbonyl (C=O) groups is 3. The van der Waals surface area contributed by atoms with Gasteiger partial charge in [0, 0.05) is 19.3 Å². The molecule has 6 nitrogen and oxygen atoms in total. The van der Waals surface area contributed by atoms with Crippen molar-refractivity contribution in [3.8, 4) is 0 Å². The number of hydrogen-bond acceptors (Lipinski definition) is 6. The summed E-state index contributed by atoms with van der Waals surface area (Å²) in [6, 6.07) is 0. The molecule has 0 saturated heterocycles. The molecule has 0 radical (unpaired) electrons. The maximum Gasteiger partial charge on any atom is 0.306 e. The van der Waals surface area contributed by atoms with Crippen LogP contribution in [0.1, 0.15) is 329 Å². The minimum atomic E-state index is -0.797. The van der Waals surface area contributed by atoms with E-state index in [2.05, 4.69) is 118 Å². The van der Waals surface area contributed by atoms with Crippen LogP contribution in [0.25, 0.3) is 0 Å². The van der Waals surface area contributed by atoms with Crippen LogP contribution in [0, 0.1) is 0 Å². The molecule has 0 bridgehead atoms. The SMILES string of the molecule is CC/C=C\C/C=C\C/C=C\C/C=C\CCCCCCC(=O)OC(COC(=O)CCCCCCC/C=C\C/C=C\CCC)COC(=O)CCCCCCCCCCCCCCCCCCCCC/C=C\C/C=C\CCCCCCC. The van der Waals surface area contributed by atoms with Crippen LogP contribution in [0.3, 0.4) is 0 Å². The zero-order chi connectivity index (χ0) is 57.1. The van der Waals surface area contributed by atoms with E-state index in [1.165, 1.54) is 154 Å². The van der Waals surface area contributed by atoms with Crippen molar-refractivity contribution in [2.75, 3.05) is 13.2 Å². The normalized spacial score (nSPS) is 12.7. The van der Waals surface area contributed by atoms with Crippen LogP contribution in [0.4, 0.5) is 0 Å². The van der Waals surface area contributed by atoms with Crippen LogP contribution >= 0.6 is 0 Å². The fourth-order valence-electron chi connectivity index (χ4n) is 9.50. The molecule has 0 saturated carbocycles. The van der Waals surface area contributed by atoms with Crippen molar-refractivity contribution >= 4 is 17.9 Å². The highest BCUT2D eigenvalue weighted by Gasteiger charge is 2.19. The van der Waals surface area contributed by atoms with Gasteiger partial charge in [0.05, 0.1) is 0 Å². The number of allylic oxidation sites excluding steroid dienone is 16. The van der Waals surface area contributed by atoms with Crippen LogP contribution in [0.15, 0.2) is 97.2 Å². The van der Waals surface area contributed by atoms with Crippen molar-refractivity contribution in [2.24, 2.45) is 0 Å². The van der Waals surface area contributed by atoms with E-state index in [4.69, 9.17) is 14.2 Å². The van der Waals surface area contributed by atoms with E-state index < -0.39 is 6.10 Å². The van der Waals surface area contributed by atoms with Gasteiger partial charge in [-0.1, -0.05) is 291 Å². The van der Waals surface area contributed by atoms with Crippen LogP contribution in [0.2, 0.25) is 0 Å². The summed E-state index contributed by atoms with van der Waals surface area (Å²) in [5.74, 6) is -0.918. The summed E-state index contributed by atoms with van der Waals surface area (Å²) in [5.41, 5.74) is 0. The fraction of sp³-hybridized carbons (Fsp3) is 0.740. The van der Waals surface area contributed by atoms with E-state index >= 15 is 0 Å². The largest absolute Gasteiger partial charge is 0.462 e. The van der Waals surface area contributed by atoms with Crippen molar-refractivity contribution in [3.05, 3.63) is 97.2 Å². The van der Waals surface area contributed by atoms with E-state index in [9.17, 15) is 14.4 Å². The Morgan fingerprint density at radius 3 is 0.823 bits per heavy atom. The molecule has 79 heavy (non-hydrogen) atoms. The standard InChI is InChI=1S/C73H126O6/c1-4-7-10-13-16-19-22-25-27-29-30-31-32-33-34-35-36-37-38-39-40-41-42-44-45-48-51-54-57-60-63-66-72(75)78-69-70(68-77-71(74)65-62-59-56-53-50-47-24-21-18-15-12-9-6-3)79-73(76)67-64-61-58-55-52-49-46-43-28-26-23-20-17-14-11-8-5-2/h8,11-12,15,17,20-22,24-26,28-30,46,49,70H,4-7,9-10,13-14,16,18-19,23,27,31-45,47-48,50-69H2,1-3H3/b11-8-,15-12-,20-17-,24-21-,25-22-,28-26-,30-29-,49-46-. The molecule has 0 fully saturated rings. The van der Waals surface area contributed by atoms with Crippen molar-refractivity contribution in [2.45, 2.75) is 335 Å². The smallest absolute Gasteiger partial charge is 0.306 e. The number of carbonyl (C=O) groups excluding carboxylic acids is 3. The Morgan fingerprint density at radius 1 is 0.266 bits per heavy atom. The Balaban J connectivity index is 4.21. The lowest BCUT2D eigenvalue weighted by Gasteiger charge is -2.18. The molecule has 0 spiro atoms. The molecule has 0 aromatic carbocycles. The van der Waals surface area contributed by atoms with Crippen LogP contribution < -0.4 is 0 Å². The minimum absolute atomic E-state index is 0.0903. The molecule has 6 heteroatoms. The second-order valence-corrected chi connectivity index (χ2v) is 22.3. The van der Waals surface area contributed by atoms with Gasteiger partial charge in [-0.2, -0.15) is 0 Å². The fourth-order valence-corrected chi connectivity index (χ4v) is 9.50. The van der Waals surface area contributed by atoms with E-state index in [0.717, 1.165) is 135 Å².